The first-order valence-electron chi connectivity index (χ1n) is 6.13. The van der Waals surface area contributed by atoms with Gasteiger partial charge in [-0.25, -0.2) is 4.98 Å². The van der Waals surface area contributed by atoms with Gasteiger partial charge in [-0.3, -0.25) is 0 Å². The number of ether oxygens (including phenoxy) is 1. The highest BCUT2D eigenvalue weighted by Gasteiger charge is 2.22. The molecule has 4 nitrogen and oxygen atoms in total. The molecule has 0 aliphatic carbocycles. The molecule has 17 heavy (non-hydrogen) atoms. The van der Waals surface area contributed by atoms with E-state index in [2.05, 4.69) is 9.88 Å². The highest BCUT2D eigenvalue weighted by atomic mass is 16.5. The Hall–Kier alpha value is -1.29. The van der Waals surface area contributed by atoms with Crippen molar-refractivity contribution in [2.24, 2.45) is 5.92 Å². The van der Waals surface area contributed by atoms with Crippen molar-refractivity contribution >= 4 is 5.69 Å². The fourth-order valence-electron chi connectivity index (χ4n) is 2.35. The molecule has 1 aliphatic rings. The Morgan fingerprint density at radius 2 is 2.18 bits per heavy atom. The average molecular weight is 236 g/mol. The van der Waals surface area contributed by atoms with Crippen LogP contribution in [0.4, 0.5) is 5.69 Å². The van der Waals surface area contributed by atoms with Crippen LogP contribution in [0.1, 0.15) is 19.8 Å². The summed E-state index contributed by atoms with van der Waals surface area (Å²) >= 11 is 0. The zero-order valence-corrected chi connectivity index (χ0v) is 10.5. The predicted molar refractivity (Wildman–Crippen MR) is 67.4 cm³/mol. The predicted octanol–water partition coefficient (Wildman–Crippen LogP) is 1.69. The van der Waals surface area contributed by atoms with E-state index in [-0.39, 0.29) is 6.10 Å². The number of pyridine rings is 1. The van der Waals surface area contributed by atoms with Gasteiger partial charge in [0.15, 0.2) is 0 Å². The number of nitrogens with zero attached hydrogens (tertiary/aromatic N) is 2. The molecule has 0 amide bonds. The first-order valence-corrected chi connectivity index (χ1v) is 6.13. The Morgan fingerprint density at radius 3 is 2.76 bits per heavy atom. The van der Waals surface area contributed by atoms with E-state index >= 15 is 0 Å². The van der Waals surface area contributed by atoms with Gasteiger partial charge in [-0.05, 0) is 31.7 Å². The van der Waals surface area contributed by atoms with Crippen molar-refractivity contribution in [2.45, 2.75) is 25.9 Å². The first kappa shape index (κ1) is 12.2. The van der Waals surface area contributed by atoms with E-state index in [1.54, 1.807) is 13.3 Å². The quantitative estimate of drug-likeness (QED) is 0.867. The third-order valence-electron chi connectivity index (χ3n) is 3.51. The topological polar surface area (TPSA) is 45.6 Å². The largest absolute Gasteiger partial charge is 0.481 e. The lowest BCUT2D eigenvalue weighted by atomic mass is 9.92. The summed E-state index contributed by atoms with van der Waals surface area (Å²) in [6, 6.07) is 3.97. The van der Waals surface area contributed by atoms with Gasteiger partial charge in [-0.15, -0.1) is 0 Å². The standard InChI is InChI=1S/C13H20N2O2/c1-10(16)11-4-7-15(8-5-11)12-3-6-14-13(9-12)17-2/h3,6,9-11,16H,4-5,7-8H2,1-2H3. The molecule has 0 bridgehead atoms. The normalized spacial score (nSPS) is 19.1. The molecule has 1 aromatic heterocycles. The average Bonchev–Trinajstić information content (AvgIpc) is 2.39. The molecule has 0 spiro atoms. The molecular weight excluding hydrogens is 216 g/mol. The fraction of sp³-hybridized carbons (Fsp3) is 0.615. The van der Waals surface area contributed by atoms with Gasteiger partial charge in [0.25, 0.3) is 0 Å². The molecule has 1 unspecified atom stereocenters. The summed E-state index contributed by atoms with van der Waals surface area (Å²) in [5.41, 5.74) is 1.15. The lowest BCUT2D eigenvalue weighted by Crippen LogP contribution is -2.37. The lowest BCUT2D eigenvalue weighted by Gasteiger charge is -2.34. The van der Waals surface area contributed by atoms with Gasteiger partial charge in [-0.2, -0.15) is 0 Å². The van der Waals surface area contributed by atoms with Gasteiger partial charge < -0.3 is 14.7 Å². The molecule has 94 valence electrons. The van der Waals surface area contributed by atoms with Crippen LogP contribution < -0.4 is 9.64 Å². The van der Waals surface area contributed by atoms with Gasteiger partial charge in [-0.1, -0.05) is 0 Å². The number of hydrogen-bond acceptors (Lipinski definition) is 4. The van der Waals surface area contributed by atoms with Crippen molar-refractivity contribution in [2.75, 3.05) is 25.1 Å². The Labute approximate surface area is 102 Å². The molecule has 4 heteroatoms. The smallest absolute Gasteiger partial charge is 0.214 e. The molecule has 1 fully saturated rings. The number of aliphatic hydroxyl groups excluding tert-OH is 1. The summed E-state index contributed by atoms with van der Waals surface area (Å²) in [5, 5.41) is 9.57. The maximum absolute atomic E-state index is 9.57. The molecule has 1 atom stereocenters. The summed E-state index contributed by atoms with van der Waals surface area (Å²) < 4.78 is 5.13. The van der Waals surface area contributed by atoms with Gasteiger partial charge in [0, 0.05) is 31.0 Å². The number of rotatable bonds is 3. The molecule has 1 aliphatic heterocycles. The number of aromatic nitrogens is 1. The molecular formula is C13H20N2O2. The molecule has 1 N–H and O–H groups in total. The Balaban J connectivity index is 2.00. The molecule has 0 aromatic carbocycles. The van der Waals surface area contributed by atoms with Crippen LogP contribution in [0.2, 0.25) is 0 Å². The fourth-order valence-corrected chi connectivity index (χ4v) is 2.35. The van der Waals surface area contributed by atoms with Crippen LogP contribution in [-0.4, -0.2) is 36.4 Å². The number of piperidine rings is 1. The van der Waals surface area contributed by atoms with Crippen molar-refractivity contribution in [1.29, 1.82) is 0 Å². The van der Waals surface area contributed by atoms with Gasteiger partial charge in [0.2, 0.25) is 5.88 Å². The summed E-state index contributed by atoms with van der Waals surface area (Å²) in [5.74, 6) is 1.09. The number of hydrogen-bond donors (Lipinski definition) is 1. The highest BCUT2D eigenvalue weighted by molar-refractivity contribution is 5.48. The van der Waals surface area contributed by atoms with Crippen LogP contribution in [-0.2, 0) is 0 Å². The minimum Gasteiger partial charge on any atom is -0.481 e. The Morgan fingerprint density at radius 1 is 1.47 bits per heavy atom. The van der Waals surface area contributed by atoms with Crippen LogP contribution in [0.15, 0.2) is 18.3 Å². The zero-order valence-electron chi connectivity index (χ0n) is 10.5. The second-order valence-corrected chi connectivity index (χ2v) is 4.62. The van der Waals surface area contributed by atoms with Crippen LogP contribution in [0, 0.1) is 5.92 Å². The summed E-state index contributed by atoms with van der Waals surface area (Å²) in [6.45, 7) is 3.86. The van der Waals surface area contributed by atoms with Crippen molar-refractivity contribution in [3.63, 3.8) is 0 Å². The number of methoxy groups -OCH3 is 1. The van der Waals surface area contributed by atoms with Crippen molar-refractivity contribution in [3.8, 4) is 5.88 Å². The van der Waals surface area contributed by atoms with E-state index in [1.165, 1.54) is 0 Å². The van der Waals surface area contributed by atoms with Crippen LogP contribution in [0.25, 0.3) is 0 Å². The van der Waals surface area contributed by atoms with E-state index in [4.69, 9.17) is 4.74 Å². The summed E-state index contributed by atoms with van der Waals surface area (Å²) in [6.07, 6.45) is 3.67. The number of anilines is 1. The van der Waals surface area contributed by atoms with E-state index in [9.17, 15) is 5.11 Å². The van der Waals surface area contributed by atoms with E-state index in [1.807, 2.05) is 19.1 Å². The second-order valence-electron chi connectivity index (χ2n) is 4.62. The van der Waals surface area contributed by atoms with Gasteiger partial charge in [0.05, 0.1) is 13.2 Å². The van der Waals surface area contributed by atoms with Gasteiger partial charge >= 0.3 is 0 Å². The van der Waals surface area contributed by atoms with E-state index in [0.29, 0.717) is 11.8 Å². The van der Waals surface area contributed by atoms with Crippen LogP contribution in [0.5, 0.6) is 5.88 Å². The van der Waals surface area contributed by atoms with Crippen molar-refractivity contribution in [1.82, 2.24) is 4.98 Å². The van der Waals surface area contributed by atoms with Crippen molar-refractivity contribution in [3.05, 3.63) is 18.3 Å². The zero-order chi connectivity index (χ0) is 12.3. The maximum Gasteiger partial charge on any atom is 0.214 e. The van der Waals surface area contributed by atoms with Crippen LogP contribution >= 0.6 is 0 Å². The molecule has 0 saturated carbocycles. The van der Waals surface area contributed by atoms with E-state index in [0.717, 1.165) is 31.6 Å². The minimum absolute atomic E-state index is 0.191. The monoisotopic (exact) mass is 236 g/mol. The molecule has 1 aromatic rings. The Kier molecular flexibility index (Phi) is 3.84. The highest BCUT2D eigenvalue weighted by Crippen LogP contribution is 2.26. The SMILES string of the molecule is COc1cc(N2CCC(C(C)O)CC2)ccn1. The minimum atomic E-state index is -0.191. The lowest BCUT2D eigenvalue weighted by molar-refractivity contribution is 0.110. The summed E-state index contributed by atoms with van der Waals surface area (Å²) in [4.78, 5) is 6.43. The van der Waals surface area contributed by atoms with E-state index < -0.39 is 0 Å². The number of aliphatic hydroxyl groups is 1. The third-order valence-corrected chi connectivity index (χ3v) is 3.51. The van der Waals surface area contributed by atoms with Crippen molar-refractivity contribution < 1.29 is 9.84 Å². The molecule has 1 saturated heterocycles. The maximum atomic E-state index is 9.57. The molecule has 2 heterocycles. The van der Waals surface area contributed by atoms with Gasteiger partial charge in [0.1, 0.15) is 0 Å². The molecule has 0 radical (unpaired) electrons. The summed E-state index contributed by atoms with van der Waals surface area (Å²) in [7, 11) is 1.63. The molecule has 2 rings (SSSR count). The Bertz CT molecular complexity index is 360. The second kappa shape index (κ2) is 5.36. The third kappa shape index (κ3) is 2.88. The first-order chi connectivity index (χ1) is 8.20. The van der Waals surface area contributed by atoms with Crippen LogP contribution in [0.3, 0.4) is 0 Å².